The van der Waals surface area contributed by atoms with Gasteiger partial charge in [-0.05, 0) is 12.1 Å². The maximum Gasteiger partial charge on any atom is 0.328 e. The molecule has 0 bridgehead atoms. The second-order valence-electron chi connectivity index (χ2n) is 6.31. The molecular weight excluding hydrogens is 386 g/mol. The van der Waals surface area contributed by atoms with Crippen molar-refractivity contribution in [2.45, 2.75) is 0 Å². The first-order valence-corrected chi connectivity index (χ1v) is 8.87. The molecule has 0 aliphatic heterocycles. The van der Waals surface area contributed by atoms with Crippen molar-refractivity contribution in [2.24, 2.45) is 5.10 Å². The SMILES string of the molecule is O=C(N/N=C\c1c(O)[nH]c(=O)[nH]c1=O)c1cc(-c2ccccc2)nc2ccccc12. The molecule has 4 aromatic rings. The third-order valence-electron chi connectivity index (χ3n) is 4.35. The monoisotopic (exact) mass is 401 g/mol. The summed E-state index contributed by atoms with van der Waals surface area (Å²) in [5.74, 6) is -1.18. The van der Waals surface area contributed by atoms with Gasteiger partial charge >= 0.3 is 5.69 Å². The number of benzene rings is 2. The molecule has 0 unspecified atom stereocenters. The van der Waals surface area contributed by atoms with E-state index in [0.29, 0.717) is 22.2 Å². The topological polar surface area (TPSA) is 140 Å². The smallest absolute Gasteiger partial charge is 0.328 e. The number of rotatable bonds is 4. The first kappa shape index (κ1) is 18.8. The van der Waals surface area contributed by atoms with E-state index in [1.165, 1.54) is 0 Å². The molecule has 0 aliphatic carbocycles. The largest absolute Gasteiger partial charge is 0.494 e. The van der Waals surface area contributed by atoms with Gasteiger partial charge in [0.05, 0.1) is 23.0 Å². The predicted molar refractivity (Wildman–Crippen MR) is 112 cm³/mol. The van der Waals surface area contributed by atoms with Crippen molar-refractivity contribution < 1.29 is 9.90 Å². The van der Waals surface area contributed by atoms with E-state index in [9.17, 15) is 19.5 Å². The van der Waals surface area contributed by atoms with Gasteiger partial charge in [-0.15, -0.1) is 0 Å². The number of H-pyrrole nitrogens is 2. The van der Waals surface area contributed by atoms with Crippen molar-refractivity contribution in [3.8, 4) is 17.1 Å². The number of carbonyl (C=O) groups excluding carboxylic acids is 1. The highest BCUT2D eigenvalue weighted by atomic mass is 16.3. The number of para-hydroxylation sites is 1. The second kappa shape index (κ2) is 7.84. The Bertz CT molecular complexity index is 1390. The van der Waals surface area contributed by atoms with E-state index in [1.54, 1.807) is 24.3 Å². The minimum Gasteiger partial charge on any atom is -0.494 e. The summed E-state index contributed by atoms with van der Waals surface area (Å²) in [7, 11) is 0. The molecule has 0 saturated carbocycles. The van der Waals surface area contributed by atoms with Crippen molar-refractivity contribution in [1.29, 1.82) is 0 Å². The summed E-state index contributed by atoms with van der Waals surface area (Å²) in [5, 5.41) is 14.0. The van der Waals surface area contributed by atoms with Gasteiger partial charge in [0.15, 0.2) is 0 Å². The molecule has 30 heavy (non-hydrogen) atoms. The molecular formula is C21H15N5O4. The highest BCUT2D eigenvalue weighted by molar-refractivity contribution is 6.07. The standard InChI is InChI=1S/C21H15N5O4/c27-18-15(19(28)25-21(30)24-18)11-22-26-20(29)14-10-17(12-6-2-1-3-7-12)23-16-9-5-4-8-13(14)16/h1-11H,(H,26,29)(H3,24,25,27,28,30)/b22-11-. The number of nitrogens with one attached hydrogen (secondary N) is 3. The van der Waals surface area contributed by atoms with Crippen LogP contribution in [-0.2, 0) is 0 Å². The van der Waals surface area contributed by atoms with Crippen molar-refractivity contribution in [2.75, 3.05) is 0 Å². The molecule has 0 spiro atoms. The Morgan fingerprint density at radius 1 is 1.03 bits per heavy atom. The van der Waals surface area contributed by atoms with Gasteiger partial charge in [-0.25, -0.2) is 15.2 Å². The van der Waals surface area contributed by atoms with Crippen LogP contribution in [0.25, 0.3) is 22.2 Å². The zero-order valence-corrected chi connectivity index (χ0v) is 15.4. The first-order valence-electron chi connectivity index (χ1n) is 8.87. The molecule has 0 aliphatic rings. The lowest BCUT2D eigenvalue weighted by molar-refractivity contribution is 0.0956. The Kier molecular flexibility index (Phi) is 4.92. The molecule has 9 heteroatoms. The maximum absolute atomic E-state index is 12.8. The van der Waals surface area contributed by atoms with Gasteiger partial charge in [-0.1, -0.05) is 48.5 Å². The normalized spacial score (nSPS) is 11.1. The Morgan fingerprint density at radius 2 is 1.77 bits per heavy atom. The lowest BCUT2D eigenvalue weighted by Crippen LogP contribution is -2.25. The average molecular weight is 401 g/mol. The van der Waals surface area contributed by atoms with Crippen LogP contribution in [0.3, 0.4) is 0 Å². The molecule has 2 aromatic carbocycles. The minimum atomic E-state index is -0.851. The van der Waals surface area contributed by atoms with Crippen LogP contribution in [0.15, 0.2) is 75.4 Å². The molecule has 4 rings (SSSR count). The predicted octanol–water partition coefficient (Wildman–Crippen LogP) is 1.75. The lowest BCUT2D eigenvalue weighted by Gasteiger charge is -2.09. The van der Waals surface area contributed by atoms with Crippen molar-refractivity contribution >= 4 is 23.0 Å². The number of aromatic amines is 2. The number of hydrogen-bond donors (Lipinski definition) is 4. The Morgan fingerprint density at radius 3 is 2.53 bits per heavy atom. The second-order valence-corrected chi connectivity index (χ2v) is 6.31. The lowest BCUT2D eigenvalue weighted by atomic mass is 10.0. The van der Waals surface area contributed by atoms with Crippen LogP contribution in [0.2, 0.25) is 0 Å². The van der Waals surface area contributed by atoms with Gasteiger partial charge < -0.3 is 5.11 Å². The Labute approximate surface area is 168 Å². The van der Waals surface area contributed by atoms with Crippen LogP contribution in [-0.4, -0.2) is 32.2 Å². The fourth-order valence-electron chi connectivity index (χ4n) is 2.94. The zero-order valence-electron chi connectivity index (χ0n) is 15.4. The summed E-state index contributed by atoms with van der Waals surface area (Å²) in [6.07, 6.45) is 0.948. The molecule has 4 N–H and O–H groups in total. The maximum atomic E-state index is 12.8. The van der Waals surface area contributed by atoms with Gasteiger partial charge in [0, 0.05) is 10.9 Å². The number of aromatic hydroxyl groups is 1. The number of fused-ring (bicyclic) bond motifs is 1. The van der Waals surface area contributed by atoms with E-state index in [0.717, 1.165) is 11.8 Å². The van der Waals surface area contributed by atoms with E-state index in [4.69, 9.17) is 0 Å². The van der Waals surface area contributed by atoms with Crippen LogP contribution in [0, 0.1) is 0 Å². The van der Waals surface area contributed by atoms with Gasteiger partial charge in [-0.2, -0.15) is 5.10 Å². The Hall–Kier alpha value is -4.53. The average Bonchev–Trinajstić information content (AvgIpc) is 2.75. The number of aromatic nitrogens is 3. The third kappa shape index (κ3) is 3.72. The molecule has 0 radical (unpaired) electrons. The highest BCUT2D eigenvalue weighted by Crippen LogP contribution is 2.24. The third-order valence-corrected chi connectivity index (χ3v) is 4.35. The van der Waals surface area contributed by atoms with E-state index in [2.05, 4.69) is 15.5 Å². The van der Waals surface area contributed by atoms with E-state index >= 15 is 0 Å². The molecule has 148 valence electrons. The number of pyridine rings is 1. The van der Waals surface area contributed by atoms with Crippen molar-refractivity contribution in [3.05, 3.63) is 92.6 Å². The van der Waals surface area contributed by atoms with Crippen molar-refractivity contribution in [3.63, 3.8) is 0 Å². The molecule has 0 saturated heterocycles. The summed E-state index contributed by atoms with van der Waals surface area (Å²) in [5.41, 5.74) is 2.81. The minimum absolute atomic E-state index is 0.292. The van der Waals surface area contributed by atoms with Gasteiger partial charge in [-0.3, -0.25) is 19.6 Å². The van der Waals surface area contributed by atoms with Crippen LogP contribution in [0.4, 0.5) is 0 Å². The summed E-state index contributed by atoms with van der Waals surface area (Å²) in [6.45, 7) is 0. The van der Waals surface area contributed by atoms with Crippen LogP contribution in [0.1, 0.15) is 15.9 Å². The quantitative estimate of drug-likeness (QED) is 0.305. The van der Waals surface area contributed by atoms with E-state index in [1.807, 2.05) is 46.4 Å². The van der Waals surface area contributed by atoms with E-state index < -0.39 is 23.0 Å². The molecule has 1 amide bonds. The summed E-state index contributed by atoms with van der Waals surface area (Å²) >= 11 is 0. The molecule has 2 aromatic heterocycles. The zero-order chi connectivity index (χ0) is 21.1. The van der Waals surface area contributed by atoms with Crippen LogP contribution >= 0.6 is 0 Å². The fourth-order valence-corrected chi connectivity index (χ4v) is 2.94. The number of hydrazone groups is 1. The summed E-state index contributed by atoms with van der Waals surface area (Å²) < 4.78 is 0. The fraction of sp³-hybridized carbons (Fsp3) is 0. The van der Waals surface area contributed by atoms with Gasteiger partial charge in [0.1, 0.15) is 5.56 Å². The highest BCUT2D eigenvalue weighted by Gasteiger charge is 2.14. The van der Waals surface area contributed by atoms with Gasteiger partial charge in [0.2, 0.25) is 5.88 Å². The first-order chi connectivity index (χ1) is 14.5. The van der Waals surface area contributed by atoms with Crippen LogP contribution < -0.4 is 16.7 Å². The number of nitrogens with zero attached hydrogens (tertiary/aromatic N) is 2. The molecule has 2 heterocycles. The van der Waals surface area contributed by atoms with Crippen LogP contribution in [0.5, 0.6) is 5.88 Å². The number of amides is 1. The number of hydrogen-bond acceptors (Lipinski definition) is 6. The molecule has 0 atom stereocenters. The molecule has 0 fully saturated rings. The van der Waals surface area contributed by atoms with E-state index in [-0.39, 0.29) is 5.56 Å². The summed E-state index contributed by atoms with van der Waals surface area (Å²) in [4.78, 5) is 44.3. The van der Waals surface area contributed by atoms with Crippen molar-refractivity contribution in [1.82, 2.24) is 20.4 Å². The van der Waals surface area contributed by atoms with Gasteiger partial charge in [0.25, 0.3) is 11.5 Å². The Balaban J connectivity index is 1.69. The summed E-state index contributed by atoms with van der Waals surface area (Å²) in [6, 6.07) is 18.3. The molecule has 9 nitrogen and oxygen atoms in total. The number of carbonyl (C=O) groups is 1.